The highest BCUT2D eigenvalue weighted by molar-refractivity contribution is 6.30. The van der Waals surface area contributed by atoms with Crippen molar-refractivity contribution < 1.29 is 14.2 Å². The minimum absolute atomic E-state index is 0.0797. The molecule has 150 valence electrons. The van der Waals surface area contributed by atoms with E-state index in [4.69, 9.17) is 16.3 Å². The maximum atomic E-state index is 14.0. The lowest BCUT2D eigenvalue weighted by molar-refractivity contribution is 0.120. The molecule has 1 saturated heterocycles. The molecule has 3 aromatic rings. The van der Waals surface area contributed by atoms with Crippen LogP contribution in [-0.2, 0) is 4.74 Å². The molecule has 0 saturated carbocycles. The van der Waals surface area contributed by atoms with Gasteiger partial charge >= 0.3 is 0 Å². The second-order valence-corrected chi connectivity index (χ2v) is 7.70. The Morgan fingerprint density at radius 1 is 1.17 bits per heavy atom. The number of aromatic hydroxyl groups is 1. The van der Waals surface area contributed by atoms with Crippen LogP contribution in [0, 0.1) is 12.7 Å². The van der Waals surface area contributed by atoms with Crippen LogP contribution in [0.3, 0.4) is 0 Å². The normalized spacial score (nSPS) is 16.2. The quantitative estimate of drug-likeness (QED) is 0.555. The Labute approximate surface area is 174 Å². The van der Waals surface area contributed by atoms with Crippen LogP contribution in [0.4, 0.5) is 10.2 Å². The number of aromatic nitrogens is 1. The van der Waals surface area contributed by atoms with E-state index >= 15 is 0 Å². The Morgan fingerprint density at radius 2 is 2.03 bits per heavy atom. The first kappa shape index (κ1) is 19.7. The molecule has 0 spiro atoms. The van der Waals surface area contributed by atoms with Crippen LogP contribution in [0.5, 0.6) is 5.75 Å². The van der Waals surface area contributed by atoms with Gasteiger partial charge in [-0.1, -0.05) is 29.3 Å². The van der Waals surface area contributed by atoms with Crippen LogP contribution in [0.2, 0.25) is 5.02 Å². The topological polar surface area (TPSA) is 54.4 Å². The zero-order chi connectivity index (χ0) is 20.4. The summed E-state index contributed by atoms with van der Waals surface area (Å²) in [7, 11) is 0. The predicted molar refractivity (Wildman–Crippen MR) is 114 cm³/mol. The van der Waals surface area contributed by atoms with E-state index in [-0.39, 0.29) is 16.9 Å². The molecule has 1 aromatic heterocycles. The third-order valence-corrected chi connectivity index (χ3v) is 5.35. The van der Waals surface area contributed by atoms with Crippen molar-refractivity contribution in [2.45, 2.75) is 25.9 Å². The van der Waals surface area contributed by atoms with Gasteiger partial charge in [0.2, 0.25) is 0 Å². The second kappa shape index (κ2) is 8.39. The van der Waals surface area contributed by atoms with Gasteiger partial charge in [0.1, 0.15) is 17.4 Å². The van der Waals surface area contributed by atoms with Crippen molar-refractivity contribution in [1.82, 2.24) is 4.98 Å². The number of hydrogen-bond donors (Lipinski definition) is 2. The Kier molecular flexibility index (Phi) is 5.69. The summed E-state index contributed by atoms with van der Waals surface area (Å²) in [5.74, 6) is 0.312. The molecule has 0 bridgehead atoms. The van der Waals surface area contributed by atoms with E-state index in [0.29, 0.717) is 29.2 Å². The van der Waals surface area contributed by atoms with Gasteiger partial charge in [0, 0.05) is 18.7 Å². The first-order valence-corrected chi connectivity index (χ1v) is 10.0. The number of anilines is 1. The molecule has 1 unspecified atom stereocenters. The lowest BCUT2D eigenvalue weighted by Gasteiger charge is -2.15. The summed E-state index contributed by atoms with van der Waals surface area (Å²) in [6, 6.07) is 13.8. The van der Waals surface area contributed by atoms with Gasteiger partial charge in [-0.25, -0.2) is 9.37 Å². The molecular weight excluding hydrogens is 391 g/mol. The molecular formula is C23H22ClFN2O2. The summed E-state index contributed by atoms with van der Waals surface area (Å²) < 4.78 is 19.7. The number of rotatable bonds is 5. The van der Waals surface area contributed by atoms with Gasteiger partial charge < -0.3 is 15.2 Å². The van der Waals surface area contributed by atoms with Crippen LogP contribution in [0.1, 0.15) is 18.4 Å². The molecule has 6 heteroatoms. The number of nitrogens with zero attached hydrogens (tertiary/aromatic N) is 1. The maximum absolute atomic E-state index is 14.0. The first-order chi connectivity index (χ1) is 14.0. The molecule has 0 aliphatic carbocycles. The highest BCUT2D eigenvalue weighted by Crippen LogP contribution is 2.34. The lowest BCUT2D eigenvalue weighted by Crippen LogP contribution is -2.19. The van der Waals surface area contributed by atoms with Crippen LogP contribution in [0.15, 0.2) is 48.5 Å². The molecule has 1 atom stereocenters. The fraction of sp³-hybridized carbons (Fsp3) is 0.261. The van der Waals surface area contributed by atoms with Crippen LogP contribution in [0.25, 0.3) is 22.4 Å². The number of pyridine rings is 1. The molecule has 1 aliphatic heterocycles. The van der Waals surface area contributed by atoms with Crippen LogP contribution >= 0.6 is 11.6 Å². The molecule has 4 nitrogen and oxygen atoms in total. The summed E-state index contributed by atoms with van der Waals surface area (Å²) >= 11 is 5.84. The van der Waals surface area contributed by atoms with E-state index in [1.807, 2.05) is 31.2 Å². The van der Waals surface area contributed by atoms with Crippen molar-refractivity contribution in [2.24, 2.45) is 0 Å². The van der Waals surface area contributed by atoms with E-state index in [1.54, 1.807) is 12.1 Å². The molecule has 29 heavy (non-hydrogen) atoms. The molecule has 2 aromatic carbocycles. The van der Waals surface area contributed by atoms with Gasteiger partial charge in [-0.3, -0.25) is 0 Å². The third-order valence-electron chi connectivity index (χ3n) is 5.04. The fourth-order valence-corrected chi connectivity index (χ4v) is 3.60. The third kappa shape index (κ3) is 4.52. The Bertz CT molecular complexity index is 1040. The van der Waals surface area contributed by atoms with Crippen molar-refractivity contribution in [2.75, 3.05) is 18.5 Å². The Morgan fingerprint density at radius 3 is 2.79 bits per heavy atom. The number of benzene rings is 2. The van der Waals surface area contributed by atoms with Gasteiger partial charge in [-0.05, 0) is 67.3 Å². The number of phenols is 1. The zero-order valence-electron chi connectivity index (χ0n) is 16.1. The Hall–Kier alpha value is -2.63. The van der Waals surface area contributed by atoms with E-state index in [2.05, 4.69) is 10.3 Å². The molecule has 1 fully saturated rings. The van der Waals surface area contributed by atoms with Crippen LogP contribution < -0.4 is 5.32 Å². The van der Waals surface area contributed by atoms with Crippen molar-refractivity contribution in [3.05, 3.63) is 64.9 Å². The number of aryl methyl sites for hydroxylation is 1. The monoisotopic (exact) mass is 412 g/mol. The SMILES string of the molecule is Cc1ccc(O)c(-c2cc(-c3ccc(Cl)c(F)c3)cc(NCC3CCCO3)n2)c1. The number of phenolic OH excluding ortho intramolecular Hbond substituents is 1. The minimum atomic E-state index is -0.477. The molecule has 0 radical (unpaired) electrons. The van der Waals surface area contributed by atoms with Crippen molar-refractivity contribution in [1.29, 1.82) is 0 Å². The summed E-state index contributed by atoms with van der Waals surface area (Å²) in [6.07, 6.45) is 2.23. The summed E-state index contributed by atoms with van der Waals surface area (Å²) in [4.78, 5) is 4.69. The molecule has 2 N–H and O–H groups in total. The van der Waals surface area contributed by atoms with Crippen molar-refractivity contribution >= 4 is 17.4 Å². The second-order valence-electron chi connectivity index (χ2n) is 7.29. The number of hydrogen-bond acceptors (Lipinski definition) is 4. The van der Waals surface area contributed by atoms with Gasteiger partial charge in [0.05, 0.1) is 16.8 Å². The molecule has 1 aliphatic rings. The van der Waals surface area contributed by atoms with Crippen molar-refractivity contribution in [3.63, 3.8) is 0 Å². The van der Waals surface area contributed by atoms with E-state index in [9.17, 15) is 9.50 Å². The summed E-state index contributed by atoms with van der Waals surface area (Å²) in [5, 5.41) is 13.8. The molecule has 0 amide bonds. The first-order valence-electron chi connectivity index (χ1n) is 9.62. The maximum Gasteiger partial charge on any atom is 0.142 e. The fourth-order valence-electron chi connectivity index (χ4n) is 3.48. The van der Waals surface area contributed by atoms with Gasteiger partial charge in [0.25, 0.3) is 0 Å². The summed E-state index contributed by atoms with van der Waals surface area (Å²) in [5.41, 5.74) is 3.70. The summed E-state index contributed by atoms with van der Waals surface area (Å²) in [6.45, 7) is 3.38. The van der Waals surface area contributed by atoms with Crippen LogP contribution in [-0.4, -0.2) is 29.3 Å². The van der Waals surface area contributed by atoms with Gasteiger partial charge in [-0.2, -0.15) is 0 Å². The van der Waals surface area contributed by atoms with Gasteiger partial charge in [-0.15, -0.1) is 0 Å². The largest absolute Gasteiger partial charge is 0.507 e. The lowest BCUT2D eigenvalue weighted by atomic mass is 10.0. The zero-order valence-corrected chi connectivity index (χ0v) is 16.8. The number of ether oxygens (including phenoxy) is 1. The predicted octanol–water partition coefficient (Wildman–Crippen LogP) is 5.81. The highest BCUT2D eigenvalue weighted by Gasteiger charge is 2.16. The average Bonchev–Trinajstić information content (AvgIpc) is 3.24. The van der Waals surface area contributed by atoms with Crippen molar-refractivity contribution in [3.8, 4) is 28.1 Å². The van der Waals surface area contributed by atoms with Gasteiger partial charge in [0.15, 0.2) is 0 Å². The standard InChI is InChI=1S/C23H22ClFN2O2/c1-14-4-7-22(28)18(9-14)21-11-16(15-5-6-19(24)20(25)10-15)12-23(27-21)26-13-17-3-2-8-29-17/h4-7,9-12,17,28H,2-3,8,13H2,1H3,(H,26,27). The number of halogens is 2. The Balaban J connectivity index is 1.75. The van der Waals surface area contributed by atoms with E-state index in [0.717, 1.165) is 30.6 Å². The average molecular weight is 413 g/mol. The number of nitrogens with one attached hydrogen (secondary N) is 1. The molecule has 4 rings (SSSR count). The smallest absolute Gasteiger partial charge is 0.142 e. The van der Waals surface area contributed by atoms with E-state index in [1.165, 1.54) is 12.1 Å². The van der Waals surface area contributed by atoms with E-state index < -0.39 is 5.82 Å². The highest BCUT2D eigenvalue weighted by atomic mass is 35.5. The minimum Gasteiger partial charge on any atom is -0.507 e. The molecule has 2 heterocycles.